The molecule has 10 heteroatoms. The predicted octanol–water partition coefficient (Wildman–Crippen LogP) is 6.03. The molecule has 0 bridgehead atoms. The number of hydrogen-bond acceptors (Lipinski definition) is 6. The lowest BCUT2D eigenvalue weighted by Crippen LogP contribution is -2.12. The Labute approximate surface area is 183 Å². The molecule has 0 unspecified atom stereocenters. The number of halogens is 1. The Morgan fingerprint density at radius 3 is 2.20 bits per heavy atom. The molecule has 0 atom stereocenters. The van der Waals surface area contributed by atoms with Gasteiger partial charge in [0, 0.05) is 22.8 Å². The lowest BCUT2D eigenvalue weighted by Gasteiger charge is -2.07. The Balaban J connectivity index is 1.51. The fourth-order valence-corrected chi connectivity index (χ4v) is 4.90. The van der Waals surface area contributed by atoms with Crippen LogP contribution in [0.15, 0.2) is 60.0 Å². The number of amides is 2. The van der Waals surface area contributed by atoms with Crippen molar-refractivity contribution in [1.82, 2.24) is 0 Å². The highest BCUT2D eigenvalue weighted by molar-refractivity contribution is 7.22. The van der Waals surface area contributed by atoms with Crippen molar-refractivity contribution in [3.8, 4) is 0 Å². The van der Waals surface area contributed by atoms with Crippen molar-refractivity contribution in [1.29, 1.82) is 0 Å². The molecular weight excluding hydrogens is 446 g/mol. The van der Waals surface area contributed by atoms with E-state index < -0.39 is 10.8 Å². The molecule has 0 radical (unpaired) electrons. The zero-order valence-electron chi connectivity index (χ0n) is 15.0. The van der Waals surface area contributed by atoms with Crippen molar-refractivity contribution in [2.75, 3.05) is 10.6 Å². The third-order valence-corrected chi connectivity index (χ3v) is 6.78. The highest BCUT2D eigenvalue weighted by Crippen LogP contribution is 2.40. The van der Waals surface area contributed by atoms with Crippen molar-refractivity contribution in [2.45, 2.75) is 0 Å². The molecule has 7 nitrogen and oxygen atoms in total. The maximum Gasteiger partial charge on any atom is 0.287 e. The number of carbonyl (C=O) groups is 2. The number of nitrogens with zero attached hydrogens (tertiary/aromatic N) is 1. The number of benzene rings is 2. The molecule has 4 aromatic rings. The minimum Gasteiger partial charge on any atom is -0.321 e. The van der Waals surface area contributed by atoms with Crippen LogP contribution in [-0.2, 0) is 0 Å². The van der Waals surface area contributed by atoms with Crippen LogP contribution in [-0.4, -0.2) is 16.7 Å². The van der Waals surface area contributed by atoms with Crippen LogP contribution in [0.2, 0.25) is 5.02 Å². The van der Waals surface area contributed by atoms with Crippen molar-refractivity contribution in [2.24, 2.45) is 0 Å². The summed E-state index contributed by atoms with van der Waals surface area (Å²) in [5.41, 5.74) is 0.989. The van der Waals surface area contributed by atoms with Crippen LogP contribution in [0.1, 0.15) is 19.3 Å². The SMILES string of the molecule is O=C(Nc1ccc(NC(=O)c2sc3c([N+](=O)[O-])cccc3c2Cl)cc1)c1cccs1. The van der Waals surface area contributed by atoms with Gasteiger partial charge < -0.3 is 10.6 Å². The molecule has 2 aromatic carbocycles. The molecule has 0 aliphatic heterocycles. The zero-order valence-corrected chi connectivity index (χ0v) is 17.4. The number of hydrogen-bond donors (Lipinski definition) is 2. The number of nitrogens with one attached hydrogen (secondary N) is 2. The Morgan fingerprint density at radius 2 is 1.60 bits per heavy atom. The van der Waals surface area contributed by atoms with Crippen LogP contribution in [0.4, 0.5) is 17.1 Å². The average Bonchev–Trinajstić information content (AvgIpc) is 3.38. The van der Waals surface area contributed by atoms with E-state index in [2.05, 4.69) is 10.6 Å². The highest BCUT2D eigenvalue weighted by atomic mass is 35.5. The number of rotatable bonds is 5. The molecule has 4 rings (SSSR count). The van der Waals surface area contributed by atoms with Gasteiger partial charge in [0.1, 0.15) is 9.58 Å². The summed E-state index contributed by atoms with van der Waals surface area (Å²) in [6.07, 6.45) is 0. The second-order valence-corrected chi connectivity index (χ2v) is 8.47. The summed E-state index contributed by atoms with van der Waals surface area (Å²) in [6, 6.07) is 14.7. The first kappa shape index (κ1) is 20.0. The van der Waals surface area contributed by atoms with Crippen molar-refractivity contribution >= 4 is 73.2 Å². The predicted molar refractivity (Wildman–Crippen MR) is 120 cm³/mol. The summed E-state index contributed by atoms with van der Waals surface area (Å²) < 4.78 is 0.351. The molecule has 2 amide bonds. The first-order valence-electron chi connectivity index (χ1n) is 8.55. The van der Waals surface area contributed by atoms with Crippen LogP contribution >= 0.6 is 34.3 Å². The van der Waals surface area contributed by atoms with Crippen molar-refractivity contribution in [3.63, 3.8) is 0 Å². The number of non-ortho nitro benzene ring substituents is 1. The smallest absolute Gasteiger partial charge is 0.287 e. The van der Waals surface area contributed by atoms with Crippen LogP contribution in [0.25, 0.3) is 10.1 Å². The van der Waals surface area contributed by atoms with E-state index in [0.29, 0.717) is 26.3 Å². The normalized spacial score (nSPS) is 10.7. The molecule has 0 aliphatic carbocycles. The second-order valence-electron chi connectivity index (χ2n) is 6.12. The summed E-state index contributed by atoms with van der Waals surface area (Å²) in [7, 11) is 0. The van der Waals surface area contributed by atoms with Gasteiger partial charge in [-0.25, -0.2) is 0 Å². The van der Waals surface area contributed by atoms with Crippen LogP contribution in [0, 0.1) is 10.1 Å². The van der Waals surface area contributed by atoms with E-state index in [4.69, 9.17) is 11.6 Å². The molecule has 0 aliphatic rings. The van der Waals surface area contributed by atoms with Crippen LogP contribution < -0.4 is 10.6 Å². The summed E-state index contributed by atoms with van der Waals surface area (Å²) in [4.78, 5) is 36.3. The Morgan fingerprint density at radius 1 is 0.933 bits per heavy atom. The van der Waals surface area contributed by atoms with Gasteiger partial charge in [0.2, 0.25) is 0 Å². The molecule has 2 heterocycles. The molecule has 0 saturated heterocycles. The first-order valence-corrected chi connectivity index (χ1v) is 10.6. The maximum atomic E-state index is 12.7. The van der Waals surface area contributed by atoms with Gasteiger partial charge in [0.15, 0.2) is 0 Å². The molecule has 30 heavy (non-hydrogen) atoms. The van der Waals surface area contributed by atoms with Crippen molar-refractivity contribution < 1.29 is 14.5 Å². The maximum absolute atomic E-state index is 12.7. The molecule has 2 N–H and O–H groups in total. The van der Waals surface area contributed by atoms with Crippen molar-refractivity contribution in [3.05, 3.63) is 84.9 Å². The summed E-state index contributed by atoms with van der Waals surface area (Å²) in [5.74, 6) is -0.675. The number of thiophene rings is 2. The van der Waals surface area contributed by atoms with Gasteiger partial charge >= 0.3 is 0 Å². The number of fused-ring (bicyclic) bond motifs is 1. The summed E-state index contributed by atoms with van der Waals surface area (Å²) in [5, 5.41) is 19.2. The van der Waals surface area contributed by atoms with Gasteiger partial charge in [-0.1, -0.05) is 29.8 Å². The van der Waals surface area contributed by atoms with Gasteiger partial charge in [0.25, 0.3) is 17.5 Å². The lowest BCUT2D eigenvalue weighted by molar-refractivity contribution is -0.382. The minimum absolute atomic E-state index is 0.0933. The molecule has 0 saturated carbocycles. The second kappa shape index (κ2) is 8.23. The minimum atomic E-state index is -0.500. The Bertz CT molecular complexity index is 1270. The summed E-state index contributed by atoms with van der Waals surface area (Å²) >= 11 is 8.62. The van der Waals surface area contributed by atoms with Crippen LogP contribution in [0.3, 0.4) is 0 Å². The van der Waals surface area contributed by atoms with Gasteiger partial charge in [-0.2, -0.15) is 0 Å². The number of nitro benzene ring substituents is 1. The van der Waals surface area contributed by atoms with Gasteiger partial charge in [0.05, 0.1) is 14.8 Å². The molecule has 0 spiro atoms. The van der Waals surface area contributed by atoms with E-state index in [1.807, 2.05) is 5.38 Å². The number of nitro groups is 1. The average molecular weight is 458 g/mol. The number of carbonyl (C=O) groups excluding carboxylic acids is 2. The standard InChI is InChI=1S/C20H12ClN3O4S2/c21-16-13-3-1-4-14(24(27)28)17(13)30-18(16)20(26)23-12-8-6-11(7-9-12)22-19(25)15-5-2-10-29-15/h1-10H,(H,22,25)(H,23,26). The van der Waals surface area contributed by atoms with E-state index in [-0.39, 0.29) is 21.5 Å². The Kier molecular flexibility index (Phi) is 5.49. The molecule has 0 fully saturated rings. The molecular formula is C20H12ClN3O4S2. The van der Waals surface area contributed by atoms with Gasteiger partial charge in [-0.15, -0.1) is 22.7 Å². The monoisotopic (exact) mass is 457 g/mol. The van der Waals surface area contributed by atoms with E-state index >= 15 is 0 Å². The molecule has 150 valence electrons. The largest absolute Gasteiger partial charge is 0.321 e. The summed E-state index contributed by atoms with van der Waals surface area (Å²) in [6.45, 7) is 0. The Hall–Kier alpha value is -3.27. The highest BCUT2D eigenvalue weighted by Gasteiger charge is 2.22. The fraction of sp³-hybridized carbons (Fsp3) is 0. The first-order chi connectivity index (χ1) is 14.4. The number of anilines is 2. The van der Waals surface area contributed by atoms with Gasteiger partial charge in [-0.3, -0.25) is 19.7 Å². The van der Waals surface area contributed by atoms with E-state index in [0.717, 1.165) is 11.3 Å². The van der Waals surface area contributed by atoms with E-state index in [9.17, 15) is 19.7 Å². The third kappa shape index (κ3) is 3.90. The topological polar surface area (TPSA) is 101 Å². The van der Waals surface area contributed by atoms with Gasteiger partial charge in [-0.05, 0) is 35.7 Å². The quantitative estimate of drug-likeness (QED) is 0.282. The fourth-order valence-electron chi connectivity index (χ4n) is 2.79. The zero-order chi connectivity index (χ0) is 21.3. The third-order valence-electron chi connectivity index (χ3n) is 4.18. The molecule has 2 aromatic heterocycles. The van der Waals surface area contributed by atoms with E-state index in [1.54, 1.807) is 42.5 Å². The van der Waals surface area contributed by atoms with Crippen LogP contribution in [0.5, 0.6) is 0 Å². The van der Waals surface area contributed by atoms with E-state index in [1.165, 1.54) is 23.5 Å². The lowest BCUT2D eigenvalue weighted by atomic mass is 10.2.